The summed E-state index contributed by atoms with van der Waals surface area (Å²) in [6, 6.07) is 14.2. The number of H-pyrrole nitrogens is 1. The van der Waals surface area contributed by atoms with Crippen LogP contribution in [0.5, 0.6) is 0 Å². The first-order chi connectivity index (χ1) is 12.0. The molecule has 0 aliphatic carbocycles. The summed E-state index contributed by atoms with van der Waals surface area (Å²) in [5.74, 6) is -0.142. The first-order valence-electron chi connectivity index (χ1n) is 7.89. The fraction of sp³-hybridized carbons (Fsp3) is 0.176. The van der Waals surface area contributed by atoms with Crippen LogP contribution >= 0.6 is 0 Å². The van der Waals surface area contributed by atoms with Crippen molar-refractivity contribution in [3.63, 3.8) is 0 Å². The zero-order valence-corrected chi connectivity index (χ0v) is 14.1. The molecule has 7 nitrogen and oxygen atoms in total. The number of sulfonamides is 1. The molecule has 1 fully saturated rings. The second kappa shape index (κ2) is 5.89. The molecule has 128 valence electrons. The van der Waals surface area contributed by atoms with E-state index >= 15 is 0 Å². The van der Waals surface area contributed by atoms with Gasteiger partial charge in [-0.15, -0.1) is 0 Å². The molecule has 2 N–H and O–H groups in total. The van der Waals surface area contributed by atoms with Crippen LogP contribution in [0.15, 0.2) is 48.5 Å². The molecule has 2 aromatic carbocycles. The second-order valence-corrected chi connectivity index (χ2v) is 7.87. The molecular formula is C17H16N4O3S. The molecule has 25 heavy (non-hydrogen) atoms. The monoisotopic (exact) mass is 356 g/mol. The van der Waals surface area contributed by atoms with Crippen molar-refractivity contribution in [3.05, 3.63) is 54.2 Å². The van der Waals surface area contributed by atoms with Gasteiger partial charge in [-0.2, -0.15) is 5.10 Å². The highest BCUT2D eigenvalue weighted by Crippen LogP contribution is 2.25. The SMILES string of the molecule is O=C(Nc1ccc(N2CCCS2(=O)=O)cc1)c1n[nH]c2ccccc12. The van der Waals surface area contributed by atoms with Crippen molar-refractivity contribution in [1.82, 2.24) is 10.2 Å². The van der Waals surface area contributed by atoms with Gasteiger partial charge in [-0.1, -0.05) is 18.2 Å². The lowest BCUT2D eigenvalue weighted by atomic mass is 10.2. The molecule has 1 aromatic heterocycles. The molecule has 0 atom stereocenters. The number of aromatic nitrogens is 2. The Balaban J connectivity index is 1.54. The number of aromatic amines is 1. The van der Waals surface area contributed by atoms with Crippen molar-refractivity contribution in [2.75, 3.05) is 21.9 Å². The summed E-state index contributed by atoms with van der Waals surface area (Å²) in [5, 5.41) is 10.4. The maximum absolute atomic E-state index is 12.4. The van der Waals surface area contributed by atoms with Gasteiger partial charge in [0.15, 0.2) is 5.69 Å². The summed E-state index contributed by atoms with van der Waals surface area (Å²) in [4.78, 5) is 12.4. The van der Waals surface area contributed by atoms with Crippen LogP contribution < -0.4 is 9.62 Å². The third-order valence-electron chi connectivity index (χ3n) is 4.20. The van der Waals surface area contributed by atoms with Gasteiger partial charge in [0.1, 0.15) is 0 Å². The molecule has 1 aliphatic heterocycles. The van der Waals surface area contributed by atoms with Crippen molar-refractivity contribution in [3.8, 4) is 0 Å². The van der Waals surface area contributed by atoms with E-state index in [4.69, 9.17) is 0 Å². The zero-order valence-electron chi connectivity index (χ0n) is 13.3. The first-order valence-corrected chi connectivity index (χ1v) is 9.50. The highest BCUT2D eigenvalue weighted by molar-refractivity contribution is 7.93. The molecule has 2 heterocycles. The van der Waals surface area contributed by atoms with E-state index in [1.54, 1.807) is 24.3 Å². The van der Waals surface area contributed by atoms with E-state index in [0.29, 0.717) is 30.0 Å². The Morgan fingerprint density at radius 3 is 2.60 bits per heavy atom. The number of benzene rings is 2. The average Bonchev–Trinajstić information content (AvgIpc) is 3.18. The summed E-state index contributed by atoms with van der Waals surface area (Å²) in [6.07, 6.45) is 0.632. The Morgan fingerprint density at radius 1 is 1.12 bits per heavy atom. The average molecular weight is 356 g/mol. The van der Waals surface area contributed by atoms with Gasteiger partial charge in [0, 0.05) is 17.6 Å². The van der Waals surface area contributed by atoms with Gasteiger partial charge in [-0.05, 0) is 36.8 Å². The summed E-state index contributed by atoms with van der Waals surface area (Å²) in [6.45, 7) is 0.493. The smallest absolute Gasteiger partial charge is 0.276 e. The number of carbonyl (C=O) groups excluding carboxylic acids is 1. The molecule has 0 spiro atoms. The third-order valence-corrected chi connectivity index (χ3v) is 6.07. The molecule has 0 bridgehead atoms. The molecule has 1 amide bonds. The van der Waals surface area contributed by atoms with Crippen LogP contribution in [0.25, 0.3) is 10.9 Å². The normalized spacial score (nSPS) is 16.2. The lowest BCUT2D eigenvalue weighted by Gasteiger charge is -2.17. The number of nitrogens with one attached hydrogen (secondary N) is 2. The van der Waals surface area contributed by atoms with Crippen LogP contribution in [0, 0.1) is 0 Å². The maximum atomic E-state index is 12.4. The van der Waals surface area contributed by atoms with Gasteiger partial charge in [-0.3, -0.25) is 14.2 Å². The summed E-state index contributed by atoms with van der Waals surface area (Å²) >= 11 is 0. The van der Waals surface area contributed by atoms with Gasteiger partial charge < -0.3 is 5.32 Å². The molecule has 3 aromatic rings. The highest BCUT2D eigenvalue weighted by Gasteiger charge is 2.28. The van der Waals surface area contributed by atoms with Crippen molar-refractivity contribution in [1.29, 1.82) is 0 Å². The Labute approximate surface area is 144 Å². The van der Waals surface area contributed by atoms with E-state index in [9.17, 15) is 13.2 Å². The number of carbonyl (C=O) groups is 1. The number of hydrogen-bond acceptors (Lipinski definition) is 4. The lowest BCUT2D eigenvalue weighted by Crippen LogP contribution is -2.25. The van der Waals surface area contributed by atoms with Crippen LogP contribution in [0.2, 0.25) is 0 Å². The van der Waals surface area contributed by atoms with E-state index in [1.165, 1.54) is 4.31 Å². The van der Waals surface area contributed by atoms with E-state index in [2.05, 4.69) is 15.5 Å². The zero-order chi connectivity index (χ0) is 17.4. The highest BCUT2D eigenvalue weighted by atomic mass is 32.2. The topological polar surface area (TPSA) is 95.2 Å². The van der Waals surface area contributed by atoms with Crippen molar-refractivity contribution < 1.29 is 13.2 Å². The minimum Gasteiger partial charge on any atom is -0.321 e. The number of hydrogen-bond donors (Lipinski definition) is 2. The fourth-order valence-corrected chi connectivity index (χ4v) is 4.53. The van der Waals surface area contributed by atoms with Crippen LogP contribution in [0.4, 0.5) is 11.4 Å². The molecular weight excluding hydrogens is 340 g/mol. The summed E-state index contributed by atoms with van der Waals surface area (Å²) in [7, 11) is -3.20. The van der Waals surface area contributed by atoms with Gasteiger partial charge in [0.2, 0.25) is 10.0 Å². The molecule has 0 radical (unpaired) electrons. The number of fused-ring (bicyclic) bond motifs is 1. The minimum atomic E-state index is -3.20. The molecule has 4 rings (SSSR count). The van der Waals surface area contributed by atoms with E-state index in [1.807, 2.05) is 24.3 Å². The molecule has 1 aliphatic rings. The summed E-state index contributed by atoms with van der Waals surface area (Å²) < 4.78 is 25.3. The third kappa shape index (κ3) is 2.85. The Morgan fingerprint density at radius 2 is 1.88 bits per heavy atom. The van der Waals surface area contributed by atoms with Crippen molar-refractivity contribution >= 4 is 38.2 Å². The molecule has 0 unspecified atom stereocenters. The number of anilines is 2. The van der Waals surface area contributed by atoms with Crippen LogP contribution in [0.3, 0.4) is 0 Å². The predicted molar refractivity (Wildman–Crippen MR) is 96.2 cm³/mol. The number of amides is 1. The molecule has 0 saturated carbocycles. The fourth-order valence-electron chi connectivity index (χ4n) is 2.97. The number of nitrogens with zero attached hydrogens (tertiary/aromatic N) is 2. The van der Waals surface area contributed by atoms with E-state index in [0.717, 1.165) is 10.9 Å². The van der Waals surface area contributed by atoms with Crippen molar-refractivity contribution in [2.24, 2.45) is 0 Å². The number of para-hydroxylation sites is 1. The van der Waals surface area contributed by atoms with Gasteiger partial charge in [0.25, 0.3) is 5.91 Å². The van der Waals surface area contributed by atoms with Gasteiger partial charge in [0.05, 0.1) is 17.0 Å². The minimum absolute atomic E-state index is 0.178. The van der Waals surface area contributed by atoms with E-state index < -0.39 is 10.0 Å². The van der Waals surface area contributed by atoms with Crippen LogP contribution in [0.1, 0.15) is 16.9 Å². The second-order valence-electron chi connectivity index (χ2n) is 5.86. The number of rotatable bonds is 3. The lowest BCUT2D eigenvalue weighted by molar-refractivity contribution is 0.102. The summed E-state index contributed by atoms with van der Waals surface area (Å²) in [5.41, 5.74) is 2.31. The van der Waals surface area contributed by atoms with Gasteiger partial charge in [-0.25, -0.2) is 8.42 Å². The van der Waals surface area contributed by atoms with Crippen LogP contribution in [-0.4, -0.2) is 36.8 Å². The Hall–Kier alpha value is -2.87. The van der Waals surface area contributed by atoms with Crippen molar-refractivity contribution in [2.45, 2.75) is 6.42 Å². The standard InChI is InChI=1S/C17H16N4O3S/c22-17(16-14-4-1-2-5-15(14)19-20-16)18-12-6-8-13(9-7-12)21-10-3-11-25(21,23)24/h1-2,4-9H,3,10-11H2,(H,18,22)(H,19,20). The predicted octanol–water partition coefficient (Wildman–Crippen LogP) is 2.36. The molecule has 1 saturated heterocycles. The Kier molecular flexibility index (Phi) is 3.69. The Bertz CT molecular complexity index is 1040. The molecule has 8 heteroatoms. The first kappa shape index (κ1) is 15.6. The van der Waals surface area contributed by atoms with E-state index in [-0.39, 0.29) is 11.7 Å². The van der Waals surface area contributed by atoms with Gasteiger partial charge >= 0.3 is 0 Å². The maximum Gasteiger partial charge on any atom is 0.276 e. The largest absolute Gasteiger partial charge is 0.321 e. The quantitative estimate of drug-likeness (QED) is 0.753. The van der Waals surface area contributed by atoms with Crippen LogP contribution in [-0.2, 0) is 10.0 Å².